The van der Waals surface area contributed by atoms with Crippen molar-refractivity contribution in [1.29, 1.82) is 0 Å². The van der Waals surface area contributed by atoms with Gasteiger partial charge in [-0.1, -0.05) is 13.0 Å². The van der Waals surface area contributed by atoms with Crippen molar-refractivity contribution in [2.24, 2.45) is 0 Å². The first-order valence-corrected chi connectivity index (χ1v) is 5.37. The number of hydrogen-bond acceptors (Lipinski definition) is 2. The van der Waals surface area contributed by atoms with Gasteiger partial charge in [-0.15, -0.1) is 6.58 Å². The molecule has 1 saturated carbocycles. The van der Waals surface area contributed by atoms with Crippen molar-refractivity contribution in [3.63, 3.8) is 0 Å². The van der Waals surface area contributed by atoms with Crippen LogP contribution >= 0.6 is 0 Å². The van der Waals surface area contributed by atoms with Gasteiger partial charge in [-0.2, -0.15) is 0 Å². The van der Waals surface area contributed by atoms with E-state index in [9.17, 15) is 0 Å². The predicted octanol–water partition coefficient (Wildman–Crippen LogP) is 1.63. The van der Waals surface area contributed by atoms with Gasteiger partial charge in [0.25, 0.3) is 0 Å². The summed E-state index contributed by atoms with van der Waals surface area (Å²) < 4.78 is 0. The van der Waals surface area contributed by atoms with Crippen molar-refractivity contribution in [3.05, 3.63) is 12.7 Å². The van der Waals surface area contributed by atoms with Gasteiger partial charge in [0, 0.05) is 25.2 Å². The van der Waals surface area contributed by atoms with E-state index in [0.717, 1.165) is 19.1 Å². The maximum atomic E-state index is 3.69. The fourth-order valence-corrected chi connectivity index (χ4v) is 1.85. The van der Waals surface area contributed by atoms with Crippen LogP contribution in [0.25, 0.3) is 0 Å². The molecule has 1 aliphatic carbocycles. The summed E-state index contributed by atoms with van der Waals surface area (Å²) in [5, 5.41) is 3.37. The molecule has 2 nitrogen and oxygen atoms in total. The summed E-state index contributed by atoms with van der Waals surface area (Å²) >= 11 is 0. The molecule has 0 aromatic rings. The topological polar surface area (TPSA) is 15.3 Å². The zero-order valence-electron chi connectivity index (χ0n) is 8.92. The van der Waals surface area contributed by atoms with Gasteiger partial charge >= 0.3 is 0 Å². The van der Waals surface area contributed by atoms with Crippen LogP contribution in [0.2, 0.25) is 0 Å². The van der Waals surface area contributed by atoms with Gasteiger partial charge < -0.3 is 5.32 Å². The second-order valence-corrected chi connectivity index (χ2v) is 3.86. The van der Waals surface area contributed by atoms with Crippen molar-refractivity contribution < 1.29 is 0 Å². The molecule has 0 bridgehead atoms. The third-order valence-corrected chi connectivity index (χ3v) is 2.68. The zero-order chi connectivity index (χ0) is 9.68. The van der Waals surface area contributed by atoms with Gasteiger partial charge in [-0.05, 0) is 26.3 Å². The molecule has 1 aliphatic rings. The molecule has 13 heavy (non-hydrogen) atoms. The molecule has 0 aromatic carbocycles. The summed E-state index contributed by atoms with van der Waals surface area (Å²) in [6, 6.07) is 1.54. The summed E-state index contributed by atoms with van der Waals surface area (Å²) in [4.78, 5) is 2.59. The first-order chi connectivity index (χ1) is 6.29. The molecule has 0 spiro atoms. The SMILES string of the molecule is C=CCNCC(C)N(CC)C1CC1. The second-order valence-electron chi connectivity index (χ2n) is 3.86. The van der Waals surface area contributed by atoms with E-state index < -0.39 is 0 Å². The van der Waals surface area contributed by atoms with Crippen molar-refractivity contribution >= 4 is 0 Å². The predicted molar refractivity (Wildman–Crippen MR) is 57.9 cm³/mol. The lowest BCUT2D eigenvalue weighted by Gasteiger charge is -2.27. The van der Waals surface area contributed by atoms with Crippen LogP contribution in [0.5, 0.6) is 0 Å². The molecular weight excluding hydrogens is 160 g/mol. The van der Waals surface area contributed by atoms with Crippen molar-refractivity contribution in [2.75, 3.05) is 19.6 Å². The van der Waals surface area contributed by atoms with Crippen LogP contribution in [0.3, 0.4) is 0 Å². The minimum atomic E-state index is 0.664. The Hall–Kier alpha value is -0.340. The standard InChI is InChI=1S/C11H22N2/c1-4-8-12-9-10(3)13(5-2)11-6-7-11/h4,10-12H,1,5-9H2,2-3H3. The van der Waals surface area contributed by atoms with E-state index in [1.54, 1.807) is 0 Å². The lowest BCUT2D eigenvalue weighted by molar-refractivity contribution is 0.206. The van der Waals surface area contributed by atoms with Gasteiger partial charge in [0.15, 0.2) is 0 Å². The molecule has 0 aromatic heterocycles. The zero-order valence-corrected chi connectivity index (χ0v) is 8.92. The monoisotopic (exact) mass is 182 g/mol. The maximum absolute atomic E-state index is 3.69. The molecule has 0 amide bonds. The smallest absolute Gasteiger partial charge is 0.0195 e. The molecule has 76 valence electrons. The number of rotatable bonds is 7. The Morgan fingerprint density at radius 2 is 2.31 bits per heavy atom. The Bertz CT molecular complexity index is 152. The van der Waals surface area contributed by atoms with E-state index >= 15 is 0 Å². The highest BCUT2D eigenvalue weighted by Gasteiger charge is 2.30. The first kappa shape index (κ1) is 10.7. The van der Waals surface area contributed by atoms with Crippen LogP contribution in [0.4, 0.5) is 0 Å². The molecule has 0 radical (unpaired) electrons. The summed E-state index contributed by atoms with van der Waals surface area (Å²) in [5.74, 6) is 0. The van der Waals surface area contributed by atoms with E-state index in [1.807, 2.05) is 6.08 Å². The Balaban J connectivity index is 2.18. The van der Waals surface area contributed by atoms with E-state index in [0.29, 0.717) is 6.04 Å². The van der Waals surface area contributed by atoms with Gasteiger partial charge in [0.1, 0.15) is 0 Å². The summed E-state index contributed by atoms with van der Waals surface area (Å²) in [5.41, 5.74) is 0. The third kappa shape index (κ3) is 3.49. The van der Waals surface area contributed by atoms with E-state index in [2.05, 4.69) is 30.6 Å². The quantitative estimate of drug-likeness (QED) is 0.475. The Morgan fingerprint density at radius 1 is 1.62 bits per heavy atom. The molecule has 0 aliphatic heterocycles. The molecule has 1 rings (SSSR count). The molecular formula is C11H22N2. The molecule has 1 atom stereocenters. The van der Waals surface area contributed by atoms with E-state index in [1.165, 1.54) is 19.4 Å². The summed E-state index contributed by atoms with van der Waals surface area (Å²) in [6.45, 7) is 11.4. The van der Waals surface area contributed by atoms with Crippen molar-refractivity contribution in [2.45, 2.75) is 38.8 Å². The largest absolute Gasteiger partial charge is 0.312 e. The van der Waals surface area contributed by atoms with Crippen LogP contribution in [-0.4, -0.2) is 36.6 Å². The van der Waals surface area contributed by atoms with Crippen LogP contribution in [0.15, 0.2) is 12.7 Å². The highest BCUT2D eigenvalue weighted by Crippen LogP contribution is 2.27. The first-order valence-electron chi connectivity index (χ1n) is 5.37. The number of likely N-dealkylation sites (N-methyl/N-ethyl adjacent to an activating group) is 1. The maximum Gasteiger partial charge on any atom is 0.0195 e. The number of nitrogens with zero attached hydrogens (tertiary/aromatic N) is 1. The lowest BCUT2D eigenvalue weighted by Crippen LogP contribution is -2.41. The number of nitrogens with one attached hydrogen (secondary N) is 1. The fraction of sp³-hybridized carbons (Fsp3) is 0.818. The van der Waals surface area contributed by atoms with E-state index in [4.69, 9.17) is 0 Å². The van der Waals surface area contributed by atoms with Crippen LogP contribution in [0.1, 0.15) is 26.7 Å². The lowest BCUT2D eigenvalue weighted by atomic mass is 10.2. The van der Waals surface area contributed by atoms with Gasteiger partial charge in [0.2, 0.25) is 0 Å². The molecule has 1 fully saturated rings. The third-order valence-electron chi connectivity index (χ3n) is 2.68. The molecule has 1 N–H and O–H groups in total. The van der Waals surface area contributed by atoms with Gasteiger partial charge in [0.05, 0.1) is 0 Å². The van der Waals surface area contributed by atoms with Crippen LogP contribution in [0, 0.1) is 0 Å². The average Bonchev–Trinajstić information content (AvgIpc) is 2.90. The van der Waals surface area contributed by atoms with Gasteiger partial charge in [-0.25, -0.2) is 0 Å². The highest BCUT2D eigenvalue weighted by atomic mass is 15.2. The Morgan fingerprint density at radius 3 is 2.77 bits per heavy atom. The number of hydrogen-bond donors (Lipinski definition) is 1. The van der Waals surface area contributed by atoms with E-state index in [-0.39, 0.29) is 0 Å². The molecule has 2 heteroatoms. The highest BCUT2D eigenvalue weighted by molar-refractivity contribution is 4.87. The summed E-state index contributed by atoms with van der Waals surface area (Å²) in [6.07, 6.45) is 4.72. The molecule has 0 heterocycles. The Kier molecular flexibility index (Phi) is 4.46. The molecule has 1 unspecified atom stereocenters. The van der Waals surface area contributed by atoms with Crippen LogP contribution in [-0.2, 0) is 0 Å². The minimum absolute atomic E-state index is 0.664. The normalized spacial score (nSPS) is 19.0. The summed E-state index contributed by atoms with van der Waals surface area (Å²) in [7, 11) is 0. The fourth-order valence-electron chi connectivity index (χ4n) is 1.85. The van der Waals surface area contributed by atoms with Crippen molar-refractivity contribution in [1.82, 2.24) is 10.2 Å². The second kappa shape index (κ2) is 5.40. The average molecular weight is 182 g/mol. The van der Waals surface area contributed by atoms with Crippen LogP contribution < -0.4 is 5.32 Å². The molecule has 0 saturated heterocycles. The van der Waals surface area contributed by atoms with Crippen molar-refractivity contribution in [3.8, 4) is 0 Å². The Labute approximate surface area is 82.0 Å². The van der Waals surface area contributed by atoms with Gasteiger partial charge in [-0.3, -0.25) is 4.90 Å². The minimum Gasteiger partial charge on any atom is -0.312 e.